The summed E-state index contributed by atoms with van der Waals surface area (Å²) in [5.41, 5.74) is 3.47. The summed E-state index contributed by atoms with van der Waals surface area (Å²) in [5, 5.41) is 3.23. The smallest absolute Gasteiger partial charge is 0.0558 e. The van der Waals surface area contributed by atoms with E-state index in [1.54, 1.807) is 0 Å². The highest BCUT2D eigenvalue weighted by Gasteiger charge is 2.01. The highest BCUT2D eigenvalue weighted by atomic mass is 15.0. The van der Waals surface area contributed by atoms with Crippen molar-refractivity contribution in [2.45, 2.75) is 20.8 Å². The molecule has 0 spiro atoms. The number of nitrogens with one attached hydrogen (secondary N) is 1. The summed E-state index contributed by atoms with van der Waals surface area (Å²) in [5.74, 6) is 0. The Morgan fingerprint density at radius 3 is 2.44 bits per heavy atom. The quantitative estimate of drug-likeness (QED) is 0.517. The molecule has 0 aromatic carbocycles. The predicted molar refractivity (Wildman–Crippen MR) is 39.5 cm³/mol. The van der Waals surface area contributed by atoms with Crippen LogP contribution in [0.1, 0.15) is 20.8 Å². The standard InChI is InChI=1S/C7H12N2/c1-5-4-8-6(2)7(3)9-5/h8H,4H2,1-3H3. The van der Waals surface area contributed by atoms with Gasteiger partial charge in [0.25, 0.3) is 0 Å². The van der Waals surface area contributed by atoms with Gasteiger partial charge in [-0.05, 0) is 20.8 Å². The first-order valence-electron chi connectivity index (χ1n) is 3.15. The van der Waals surface area contributed by atoms with Crippen LogP contribution in [0.4, 0.5) is 0 Å². The fourth-order valence-electron chi connectivity index (χ4n) is 0.798. The fourth-order valence-corrected chi connectivity index (χ4v) is 0.798. The molecule has 1 heterocycles. The molecule has 0 saturated carbocycles. The highest BCUT2D eigenvalue weighted by Crippen LogP contribution is 2.05. The minimum Gasteiger partial charge on any atom is -0.382 e. The molecule has 0 amide bonds. The van der Waals surface area contributed by atoms with Crippen molar-refractivity contribution in [3.05, 3.63) is 11.4 Å². The first-order chi connectivity index (χ1) is 4.20. The van der Waals surface area contributed by atoms with E-state index >= 15 is 0 Å². The largest absolute Gasteiger partial charge is 0.382 e. The predicted octanol–water partition coefficient (Wildman–Crippen LogP) is 1.30. The lowest BCUT2D eigenvalue weighted by molar-refractivity contribution is 0.868. The molecule has 1 rings (SSSR count). The van der Waals surface area contributed by atoms with E-state index in [9.17, 15) is 0 Å². The molecular weight excluding hydrogens is 112 g/mol. The Morgan fingerprint density at radius 2 is 2.00 bits per heavy atom. The van der Waals surface area contributed by atoms with E-state index < -0.39 is 0 Å². The van der Waals surface area contributed by atoms with Crippen LogP contribution >= 0.6 is 0 Å². The molecular formula is C7H12N2. The van der Waals surface area contributed by atoms with Crippen molar-refractivity contribution < 1.29 is 0 Å². The summed E-state index contributed by atoms with van der Waals surface area (Å²) in [6.45, 7) is 7.00. The van der Waals surface area contributed by atoms with Crippen molar-refractivity contribution in [2.75, 3.05) is 6.54 Å². The number of allylic oxidation sites excluding steroid dienone is 2. The van der Waals surface area contributed by atoms with E-state index in [1.807, 2.05) is 20.8 Å². The number of rotatable bonds is 0. The van der Waals surface area contributed by atoms with Crippen LogP contribution < -0.4 is 5.32 Å². The molecule has 0 unspecified atom stereocenters. The topological polar surface area (TPSA) is 24.4 Å². The Labute approximate surface area is 55.7 Å². The molecule has 0 fully saturated rings. The second kappa shape index (κ2) is 2.21. The molecule has 0 radical (unpaired) electrons. The van der Waals surface area contributed by atoms with Crippen molar-refractivity contribution in [1.82, 2.24) is 5.32 Å². The van der Waals surface area contributed by atoms with E-state index in [-0.39, 0.29) is 0 Å². The van der Waals surface area contributed by atoms with Crippen LogP contribution in [0.5, 0.6) is 0 Å². The first kappa shape index (κ1) is 6.33. The highest BCUT2D eigenvalue weighted by molar-refractivity contribution is 5.85. The maximum absolute atomic E-state index is 4.30. The summed E-state index contributed by atoms with van der Waals surface area (Å²) in [7, 11) is 0. The zero-order valence-electron chi connectivity index (χ0n) is 6.15. The Hall–Kier alpha value is -0.790. The second-order valence-corrected chi connectivity index (χ2v) is 2.41. The van der Waals surface area contributed by atoms with Crippen LogP contribution in [0, 0.1) is 0 Å². The van der Waals surface area contributed by atoms with Crippen LogP contribution in [0.3, 0.4) is 0 Å². The molecule has 1 aliphatic heterocycles. The van der Waals surface area contributed by atoms with Gasteiger partial charge >= 0.3 is 0 Å². The number of hydrogen-bond donors (Lipinski definition) is 1. The second-order valence-electron chi connectivity index (χ2n) is 2.41. The summed E-state index contributed by atoms with van der Waals surface area (Å²) in [4.78, 5) is 4.30. The average Bonchev–Trinajstić information content (AvgIpc) is 1.80. The summed E-state index contributed by atoms with van der Waals surface area (Å²) >= 11 is 0. The van der Waals surface area contributed by atoms with Crippen molar-refractivity contribution in [3.8, 4) is 0 Å². The van der Waals surface area contributed by atoms with E-state index in [4.69, 9.17) is 0 Å². The third kappa shape index (κ3) is 1.31. The van der Waals surface area contributed by atoms with Crippen LogP contribution in [0.25, 0.3) is 0 Å². The van der Waals surface area contributed by atoms with E-state index in [2.05, 4.69) is 10.3 Å². The molecule has 0 aromatic rings. The molecule has 1 N–H and O–H groups in total. The molecule has 0 aliphatic carbocycles. The molecule has 0 aromatic heterocycles. The summed E-state index contributed by atoms with van der Waals surface area (Å²) < 4.78 is 0. The Morgan fingerprint density at radius 1 is 1.33 bits per heavy atom. The SMILES string of the molecule is CC1=NC(C)=C(C)NC1. The average molecular weight is 124 g/mol. The molecule has 2 heteroatoms. The normalized spacial score (nSPS) is 19.2. The molecule has 9 heavy (non-hydrogen) atoms. The zero-order valence-corrected chi connectivity index (χ0v) is 6.15. The van der Waals surface area contributed by atoms with E-state index in [1.165, 1.54) is 5.70 Å². The van der Waals surface area contributed by atoms with Gasteiger partial charge in [0.2, 0.25) is 0 Å². The van der Waals surface area contributed by atoms with Gasteiger partial charge in [0.05, 0.1) is 12.2 Å². The van der Waals surface area contributed by atoms with Gasteiger partial charge in [0, 0.05) is 11.4 Å². The van der Waals surface area contributed by atoms with Gasteiger partial charge in [-0.2, -0.15) is 0 Å². The molecule has 0 atom stereocenters. The molecule has 50 valence electrons. The van der Waals surface area contributed by atoms with Crippen LogP contribution in [-0.4, -0.2) is 12.3 Å². The number of aliphatic imine (C=N–C) groups is 1. The van der Waals surface area contributed by atoms with E-state index in [0.717, 1.165) is 18.0 Å². The lowest BCUT2D eigenvalue weighted by atomic mass is 10.3. The summed E-state index contributed by atoms with van der Waals surface area (Å²) in [6, 6.07) is 0. The number of nitrogens with zero attached hydrogens (tertiary/aromatic N) is 1. The lowest BCUT2D eigenvalue weighted by Crippen LogP contribution is -2.23. The van der Waals surface area contributed by atoms with Gasteiger partial charge in [-0.15, -0.1) is 0 Å². The van der Waals surface area contributed by atoms with Crippen LogP contribution in [0.15, 0.2) is 16.4 Å². The van der Waals surface area contributed by atoms with Gasteiger partial charge < -0.3 is 5.32 Å². The minimum atomic E-state index is 0.906. The van der Waals surface area contributed by atoms with Crippen LogP contribution in [-0.2, 0) is 0 Å². The minimum absolute atomic E-state index is 0.906. The van der Waals surface area contributed by atoms with Gasteiger partial charge in [-0.1, -0.05) is 0 Å². The third-order valence-electron chi connectivity index (χ3n) is 1.51. The van der Waals surface area contributed by atoms with E-state index in [0.29, 0.717) is 0 Å². The Bertz CT molecular complexity index is 177. The maximum atomic E-state index is 4.30. The van der Waals surface area contributed by atoms with Gasteiger partial charge in [0.1, 0.15) is 0 Å². The molecule has 2 nitrogen and oxygen atoms in total. The van der Waals surface area contributed by atoms with Crippen LogP contribution in [0.2, 0.25) is 0 Å². The molecule has 0 bridgehead atoms. The summed E-state index contributed by atoms with van der Waals surface area (Å²) in [6.07, 6.45) is 0. The Kier molecular flexibility index (Phi) is 1.56. The first-order valence-corrected chi connectivity index (χ1v) is 3.15. The maximum Gasteiger partial charge on any atom is 0.0558 e. The van der Waals surface area contributed by atoms with Gasteiger partial charge in [0.15, 0.2) is 0 Å². The van der Waals surface area contributed by atoms with Crippen molar-refractivity contribution in [1.29, 1.82) is 0 Å². The third-order valence-corrected chi connectivity index (χ3v) is 1.51. The number of hydrogen-bond acceptors (Lipinski definition) is 2. The monoisotopic (exact) mass is 124 g/mol. The van der Waals surface area contributed by atoms with Crippen molar-refractivity contribution in [2.24, 2.45) is 4.99 Å². The Balaban J connectivity index is 2.83. The molecule has 1 aliphatic rings. The van der Waals surface area contributed by atoms with Gasteiger partial charge in [-0.3, -0.25) is 4.99 Å². The van der Waals surface area contributed by atoms with Crippen molar-refractivity contribution in [3.63, 3.8) is 0 Å². The fraction of sp³-hybridized carbons (Fsp3) is 0.571. The lowest BCUT2D eigenvalue weighted by Gasteiger charge is -2.13. The zero-order chi connectivity index (χ0) is 6.85. The van der Waals surface area contributed by atoms with Crippen molar-refractivity contribution >= 4 is 5.71 Å². The van der Waals surface area contributed by atoms with Gasteiger partial charge in [-0.25, -0.2) is 0 Å². The molecule has 0 saturated heterocycles.